The van der Waals surface area contributed by atoms with Crippen LogP contribution in [0.1, 0.15) is 11.4 Å². The maximum Gasteiger partial charge on any atom is 0.240 e. The van der Waals surface area contributed by atoms with Crippen molar-refractivity contribution in [1.29, 1.82) is 0 Å². The summed E-state index contributed by atoms with van der Waals surface area (Å²) < 4.78 is 54.6. The number of nitrogens with zero attached hydrogens (tertiary/aromatic N) is 6. The molecule has 0 atom stereocenters. The number of rotatable bonds is 12. The Morgan fingerprint density at radius 1 is 0.579 bits per heavy atom. The number of aromatic hydroxyl groups is 4. The minimum Gasteiger partial charge on any atom is -0.594 e. The van der Waals surface area contributed by atoms with Crippen LogP contribution < -0.4 is 20.3 Å². The van der Waals surface area contributed by atoms with Gasteiger partial charge in [-0.15, -0.1) is 0 Å². The Hall–Kier alpha value is -5.37. The molecule has 18 nitrogen and oxygen atoms in total. The Morgan fingerprint density at radius 2 is 0.912 bits per heavy atom. The molecule has 23 heteroatoms. The maximum absolute atomic E-state index is 11.9. The van der Waals surface area contributed by atoms with Crippen molar-refractivity contribution >= 4 is 66.0 Å². The van der Waals surface area contributed by atoms with E-state index in [1.165, 1.54) is 59.9 Å². The first-order valence-corrected chi connectivity index (χ1v) is 19.7. The van der Waals surface area contributed by atoms with E-state index in [2.05, 4.69) is 41.3 Å². The number of aryl methyl sites for hydroxylation is 2. The SMILES string of the molecule is CNS(=O)(=O)c1ccc(O)c([N-]Nc2c(C)nn(-c3ccc(Cl)cc3)c2O)c1.CNS(=O)(=O)c1ccc(O)c([N-]Nc2c(C)nn(-c3ccc(Cl)cc3)c2O)c1.[Cr]. The molecule has 0 aliphatic rings. The van der Waals surface area contributed by atoms with Gasteiger partial charge < -0.3 is 42.1 Å². The van der Waals surface area contributed by atoms with Gasteiger partial charge in [-0.3, -0.25) is 0 Å². The number of phenols is 2. The van der Waals surface area contributed by atoms with Crippen molar-refractivity contribution in [2.75, 3.05) is 24.9 Å². The third kappa shape index (κ3) is 10.1. The van der Waals surface area contributed by atoms with Crippen molar-refractivity contribution in [3.05, 3.63) is 117 Å². The van der Waals surface area contributed by atoms with Crippen molar-refractivity contribution < 1.29 is 54.6 Å². The molecule has 0 spiro atoms. The molecule has 8 N–H and O–H groups in total. The molecule has 0 amide bonds. The number of sulfonamides is 2. The van der Waals surface area contributed by atoms with Gasteiger partial charge in [0, 0.05) is 27.4 Å². The van der Waals surface area contributed by atoms with Crippen LogP contribution in [-0.4, -0.2) is 70.9 Å². The molecule has 57 heavy (non-hydrogen) atoms. The van der Waals surface area contributed by atoms with Crippen molar-refractivity contribution in [3.63, 3.8) is 0 Å². The smallest absolute Gasteiger partial charge is 0.240 e. The molecule has 2 heterocycles. The summed E-state index contributed by atoms with van der Waals surface area (Å²) in [5.74, 6) is -0.876. The molecule has 0 radical (unpaired) electrons. The fourth-order valence-corrected chi connectivity index (χ4v) is 6.56. The standard InChI is InChI=1S/2C17H17ClN5O4S.Cr/c2*1-10-16(17(25)23(22-10)12-5-3-11(18)4-6-12)21-20-14-9-13(7-8-15(14)24)28(26,27)19-2;/h2*3-9,19,21,24H,1-2H3,(H,22,25);/q2*-1;. The molecule has 0 fully saturated rings. The molecule has 0 saturated heterocycles. The quantitative estimate of drug-likeness (QED) is 0.0624. The summed E-state index contributed by atoms with van der Waals surface area (Å²) in [4.78, 5) is -0.127. The Bertz CT molecular complexity index is 2410. The van der Waals surface area contributed by atoms with Crippen molar-refractivity contribution in [2.24, 2.45) is 0 Å². The summed E-state index contributed by atoms with van der Waals surface area (Å²) >= 11 is 11.7. The molecule has 0 saturated carbocycles. The fraction of sp³-hybridized carbons (Fsp3) is 0.118. The monoisotopic (exact) mass is 896 g/mol. The number of nitrogens with one attached hydrogen (secondary N) is 4. The van der Waals surface area contributed by atoms with Gasteiger partial charge in [-0.25, -0.2) is 26.3 Å². The van der Waals surface area contributed by atoms with Crippen LogP contribution in [0.5, 0.6) is 23.3 Å². The number of halogens is 2. The van der Waals surface area contributed by atoms with Crippen molar-refractivity contribution in [2.45, 2.75) is 23.6 Å². The summed E-state index contributed by atoms with van der Waals surface area (Å²) in [6, 6.07) is 20.7. The largest absolute Gasteiger partial charge is 0.594 e. The van der Waals surface area contributed by atoms with Gasteiger partial charge in [0.25, 0.3) is 0 Å². The molecular weight excluding hydrogens is 863 g/mol. The first kappa shape index (κ1) is 44.3. The second-order valence-electron chi connectivity index (χ2n) is 11.5. The minimum absolute atomic E-state index is 0. The summed E-state index contributed by atoms with van der Waals surface area (Å²) in [7, 11) is -4.83. The summed E-state index contributed by atoms with van der Waals surface area (Å²) in [5.41, 5.74) is 15.7. The molecule has 0 unspecified atom stereocenters. The van der Waals surface area contributed by atoms with Crippen LogP contribution in [0.15, 0.2) is 94.7 Å². The minimum atomic E-state index is -3.70. The van der Waals surface area contributed by atoms with E-state index in [1.807, 2.05) is 0 Å². The average Bonchev–Trinajstić information content (AvgIpc) is 3.62. The van der Waals surface area contributed by atoms with Crippen LogP contribution in [0.25, 0.3) is 22.2 Å². The molecule has 0 bridgehead atoms. The van der Waals surface area contributed by atoms with Gasteiger partial charge in [-0.05, 0) is 101 Å². The second kappa shape index (κ2) is 18.3. The third-order valence-electron chi connectivity index (χ3n) is 7.84. The van der Waals surface area contributed by atoms with E-state index in [4.69, 9.17) is 23.2 Å². The number of anilines is 2. The van der Waals surface area contributed by atoms with Crippen LogP contribution in [0.2, 0.25) is 10.0 Å². The second-order valence-corrected chi connectivity index (χ2v) is 16.2. The maximum atomic E-state index is 11.9. The normalized spacial score (nSPS) is 11.2. The van der Waals surface area contributed by atoms with E-state index in [1.54, 1.807) is 62.4 Å². The van der Waals surface area contributed by atoms with Crippen LogP contribution in [-0.2, 0) is 37.4 Å². The van der Waals surface area contributed by atoms with E-state index in [0.29, 0.717) is 32.8 Å². The zero-order valence-corrected chi connectivity index (χ0v) is 34.6. The first-order valence-electron chi connectivity index (χ1n) is 16.0. The number of phenolic OH excluding ortho intramolecular Hbond substituents is 2. The molecular formula is C34H34Cl2CrN10O8S2-2. The number of hydrogen-bond donors (Lipinski definition) is 8. The van der Waals surface area contributed by atoms with Crippen LogP contribution in [0.3, 0.4) is 0 Å². The molecule has 4 aromatic carbocycles. The van der Waals surface area contributed by atoms with E-state index < -0.39 is 20.0 Å². The van der Waals surface area contributed by atoms with Gasteiger partial charge in [-0.1, -0.05) is 46.7 Å². The van der Waals surface area contributed by atoms with Gasteiger partial charge in [0.1, 0.15) is 22.9 Å². The van der Waals surface area contributed by atoms with Gasteiger partial charge in [-0.2, -0.15) is 19.6 Å². The van der Waals surface area contributed by atoms with Gasteiger partial charge in [0.2, 0.25) is 31.8 Å². The van der Waals surface area contributed by atoms with Crippen LogP contribution >= 0.6 is 23.2 Å². The average molecular weight is 898 g/mol. The van der Waals surface area contributed by atoms with E-state index in [9.17, 15) is 37.3 Å². The topological polar surface area (TPSA) is 261 Å². The summed E-state index contributed by atoms with van der Waals surface area (Å²) in [5, 5.41) is 50.5. The van der Waals surface area contributed by atoms with Gasteiger partial charge in [0.05, 0.1) is 32.6 Å². The number of hydrogen-bond acceptors (Lipinski definition) is 12. The molecule has 2 aromatic heterocycles. The third-order valence-corrected chi connectivity index (χ3v) is 11.2. The molecule has 0 aliphatic heterocycles. The molecule has 6 aromatic rings. The van der Waals surface area contributed by atoms with Crippen LogP contribution in [0, 0.1) is 13.8 Å². The zero-order valence-electron chi connectivity index (χ0n) is 30.2. The number of benzene rings is 4. The Balaban J connectivity index is 0.000000248. The van der Waals surface area contributed by atoms with Crippen molar-refractivity contribution in [3.8, 4) is 34.6 Å². The van der Waals surface area contributed by atoms with E-state index >= 15 is 0 Å². The molecule has 302 valence electrons. The Labute approximate surface area is 348 Å². The predicted molar refractivity (Wildman–Crippen MR) is 212 cm³/mol. The predicted octanol–water partition coefficient (Wildman–Crippen LogP) is 6.37. The van der Waals surface area contributed by atoms with E-state index in [0.717, 1.165) is 0 Å². The first-order chi connectivity index (χ1) is 26.4. The Kier molecular flexibility index (Phi) is 14.2. The molecule has 6 rings (SSSR count). The number of aromatic nitrogens is 4. The molecule has 0 aliphatic carbocycles. The zero-order chi connectivity index (χ0) is 40.9. The van der Waals surface area contributed by atoms with Crippen molar-refractivity contribution in [1.82, 2.24) is 29.0 Å². The summed E-state index contributed by atoms with van der Waals surface area (Å²) in [6.07, 6.45) is 0. The van der Waals surface area contributed by atoms with Gasteiger partial charge >= 0.3 is 0 Å². The van der Waals surface area contributed by atoms with Crippen LogP contribution in [0.4, 0.5) is 22.7 Å². The van der Waals surface area contributed by atoms with E-state index in [-0.39, 0.29) is 73.2 Å². The fourth-order valence-electron chi connectivity index (χ4n) is 4.80. The van der Waals surface area contributed by atoms with Gasteiger partial charge in [0.15, 0.2) is 0 Å². The summed E-state index contributed by atoms with van der Waals surface area (Å²) in [6.45, 7) is 3.32. The Morgan fingerprint density at radius 3 is 1.23 bits per heavy atom.